The summed E-state index contributed by atoms with van der Waals surface area (Å²) < 4.78 is 5.60. The minimum atomic E-state index is -0.0629. The Labute approximate surface area is 116 Å². The van der Waals surface area contributed by atoms with Gasteiger partial charge in [-0.15, -0.1) is 0 Å². The molecule has 3 nitrogen and oxygen atoms in total. The molecule has 2 rings (SSSR count). The molecule has 98 valence electrons. The zero-order valence-corrected chi connectivity index (χ0v) is 11.4. The Balaban J connectivity index is 1.88. The van der Waals surface area contributed by atoms with E-state index in [9.17, 15) is 4.79 Å². The first kappa shape index (κ1) is 13.8. The average molecular weight is 288 g/mol. The summed E-state index contributed by atoms with van der Waals surface area (Å²) in [6.07, 6.45) is 2.08. The topological polar surface area (TPSA) is 38.3 Å². The summed E-state index contributed by atoms with van der Waals surface area (Å²) in [5.74, 6) is -0.0629. The normalized spacial score (nSPS) is 16.8. The van der Waals surface area contributed by atoms with Gasteiger partial charge in [-0.1, -0.05) is 23.2 Å². The molecule has 1 aromatic carbocycles. The third kappa shape index (κ3) is 3.69. The van der Waals surface area contributed by atoms with Crippen LogP contribution < -0.4 is 5.32 Å². The van der Waals surface area contributed by atoms with Crippen molar-refractivity contribution in [1.82, 2.24) is 5.32 Å². The Morgan fingerprint density at radius 3 is 2.67 bits per heavy atom. The lowest BCUT2D eigenvalue weighted by Crippen LogP contribution is -2.33. The van der Waals surface area contributed by atoms with Crippen LogP contribution in [-0.2, 0) is 4.74 Å². The molecule has 0 aliphatic carbocycles. The first-order valence-corrected chi connectivity index (χ1v) is 6.73. The molecule has 1 aliphatic rings. The van der Waals surface area contributed by atoms with Gasteiger partial charge in [-0.2, -0.15) is 0 Å². The van der Waals surface area contributed by atoms with Crippen molar-refractivity contribution in [1.29, 1.82) is 0 Å². The molecular formula is C13H15Cl2NO2. The summed E-state index contributed by atoms with van der Waals surface area (Å²) >= 11 is 11.7. The van der Waals surface area contributed by atoms with E-state index in [1.54, 1.807) is 18.2 Å². The van der Waals surface area contributed by atoms with E-state index in [0.717, 1.165) is 25.9 Å². The van der Waals surface area contributed by atoms with Crippen LogP contribution in [0, 0.1) is 0 Å². The van der Waals surface area contributed by atoms with Gasteiger partial charge in [0.15, 0.2) is 5.78 Å². The van der Waals surface area contributed by atoms with E-state index in [1.165, 1.54) is 0 Å². The first-order valence-electron chi connectivity index (χ1n) is 5.97. The van der Waals surface area contributed by atoms with Crippen molar-refractivity contribution < 1.29 is 9.53 Å². The number of nitrogens with one attached hydrogen (secondary N) is 1. The van der Waals surface area contributed by atoms with Crippen LogP contribution in [0.4, 0.5) is 0 Å². The van der Waals surface area contributed by atoms with Crippen LogP contribution >= 0.6 is 23.2 Å². The number of Topliss-reactive ketones (excluding diaryl/α,β-unsaturated/α-hetero) is 1. The number of rotatable bonds is 4. The molecule has 1 saturated heterocycles. The average Bonchev–Trinajstić information content (AvgIpc) is 2.40. The Bertz CT molecular complexity index is 431. The molecule has 0 unspecified atom stereocenters. The third-order valence-corrected chi connectivity index (χ3v) is 3.72. The van der Waals surface area contributed by atoms with E-state index in [4.69, 9.17) is 27.9 Å². The van der Waals surface area contributed by atoms with Crippen molar-refractivity contribution in [3.8, 4) is 0 Å². The van der Waals surface area contributed by atoms with Crippen molar-refractivity contribution in [3.05, 3.63) is 33.8 Å². The molecule has 0 aromatic heterocycles. The number of ketones is 1. The largest absolute Gasteiger partial charge is 0.370 e. The summed E-state index contributed by atoms with van der Waals surface area (Å²) in [6, 6.07) is 4.88. The third-order valence-electron chi connectivity index (χ3n) is 2.98. The fourth-order valence-corrected chi connectivity index (χ4v) is 2.21. The molecule has 1 fully saturated rings. The van der Waals surface area contributed by atoms with Gasteiger partial charge in [0.2, 0.25) is 0 Å². The molecule has 1 N–H and O–H groups in total. The van der Waals surface area contributed by atoms with Gasteiger partial charge in [-0.05, 0) is 44.1 Å². The maximum atomic E-state index is 11.9. The van der Waals surface area contributed by atoms with Crippen molar-refractivity contribution in [2.45, 2.75) is 18.9 Å². The lowest BCUT2D eigenvalue weighted by Gasteiger charge is -2.22. The maximum absolute atomic E-state index is 11.9. The lowest BCUT2D eigenvalue weighted by molar-refractivity contribution is 0.0318. The van der Waals surface area contributed by atoms with Gasteiger partial charge in [0, 0.05) is 5.56 Å². The van der Waals surface area contributed by atoms with Gasteiger partial charge in [-0.3, -0.25) is 4.79 Å². The Hall–Kier alpha value is -0.610. The first-order chi connectivity index (χ1) is 8.66. The molecule has 1 aromatic rings. The molecular weight excluding hydrogens is 273 g/mol. The number of halogens is 2. The zero-order valence-electron chi connectivity index (χ0n) is 9.92. The van der Waals surface area contributed by atoms with Gasteiger partial charge in [-0.25, -0.2) is 0 Å². The number of carbonyl (C=O) groups is 1. The second kappa shape index (κ2) is 6.53. The highest BCUT2D eigenvalue weighted by atomic mass is 35.5. The summed E-state index contributed by atoms with van der Waals surface area (Å²) in [7, 11) is 0. The van der Waals surface area contributed by atoms with E-state index in [-0.39, 0.29) is 18.5 Å². The fraction of sp³-hybridized carbons (Fsp3) is 0.462. The number of piperidine rings is 1. The lowest BCUT2D eigenvalue weighted by atomic mass is 10.1. The molecule has 18 heavy (non-hydrogen) atoms. The van der Waals surface area contributed by atoms with E-state index in [1.807, 2.05) is 0 Å². The number of benzene rings is 1. The van der Waals surface area contributed by atoms with E-state index >= 15 is 0 Å². The Morgan fingerprint density at radius 1 is 1.28 bits per heavy atom. The molecule has 1 heterocycles. The minimum absolute atomic E-state index is 0.0629. The zero-order chi connectivity index (χ0) is 13.0. The van der Waals surface area contributed by atoms with Crippen LogP contribution in [0.15, 0.2) is 18.2 Å². The van der Waals surface area contributed by atoms with Crippen LogP contribution in [0.2, 0.25) is 10.0 Å². The predicted molar refractivity (Wildman–Crippen MR) is 72.6 cm³/mol. The monoisotopic (exact) mass is 287 g/mol. The quantitative estimate of drug-likeness (QED) is 0.866. The minimum Gasteiger partial charge on any atom is -0.370 e. The van der Waals surface area contributed by atoms with E-state index in [0.29, 0.717) is 15.6 Å². The second-order valence-electron chi connectivity index (χ2n) is 4.31. The Kier molecular flexibility index (Phi) is 5.01. The number of hydrogen-bond donors (Lipinski definition) is 1. The van der Waals surface area contributed by atoms with Crippen molar-refractivity contribution >= 4 is 29.0 Å². The Morgan fingerprint density at radius 2 is 2.00 bits per heavy atom. The molecule has 0 saturated carbocycles. The van der Waals surface area contributed by atoms with Gasteiger partial charge in [0.25, 0.3) is 0 Å². The molecule has 1 aliphatic heterocycles. The SMILES string of the molecule is O=C(COC1CCNCC1)c1ccc(Cl)c(Cl)c1. The molecule has 0 amide bonds. The number of carbonyl (C=O) groups excluding carboxylic acids is 1. The molecule has 0 atom stereocenters. The standard InChI is InChI=1S/C13H15Cl2NO2/c14-11-2-1-9(7-12(11)15)13(17)8-18-10-3-5-16-6-4-10/h1-2,7,10,16H,3-6,8H2. The van der Waals surface area contributed by atoms with Crippen LogP contribution in [0.1, 0.15) is 23.2 Å². The van der Waals surface area contributed by atoms with Crippen molar-refractivity contribution in [2.75, 3.05) is 19.7 Å². The van der Waals surface area contributed by atoms with Crippen LogP contribution in [0.3, 0.4) is 0 Å². The summed E-state index contributed by atoms with van der Waals surface area (Å²) in [5, 5.41) is 4.10. The summed E-state index contributed by atoms with van der Waals surface area (Å²) in [6.45, 7) is 2.00. The molecule has 0 spiro atoms. The summed E-state index contributed by atoms with van der Waals surface area (Å²) in [5.41, 5.74) is 0.540. The van der Waals surface area contributed by atoms with E-state index < -0.39 is 0 Å². The van der Waals surface area contributed by atoms with Crippen molar-refractivity contribution in [3.63, 3.8) is 0 Å². The number of hydrogen-bond acceptors (Lipinski definition) is 3. The highest BCUT2D eigenvalue weighted by Crippen LogP contribution is 2.23. The summed E-state index contributed by atoms with van der Waals surface area (Å²) in [4.78, 5) is 11.9. The maximum Gasteiger partial charge on any atom is 0.188 e. The van der Waals surface area contributed by atoms with Gasteiger partial charge < -0.3 is 10.1 Å². The second-order valence-corrected chi connectivity index (χ2v) is 5.13. The molecule has 0 bridgehead atoms. The van der Waals surface area contributed by atoms with Crippen LogP contribution in [-0.4, -0.2) is 31.6 Å². The van der Waals surface area contributed by atoms with Crippen LogP contribution in [0.5, 0.6) is 0 Å². The van der Waals surface area contributed by atoms with E-state index in [2.05, 4.69) is 5.32 Å². The van der Waals surface area contributed by atoms with Crippen molar-refractivity contribution in [2.24, 2.45) is 0 Å². The van der Waals surface area contributed by atoms with Crippen LogP contribution in [0.25, 0.3) is 0 Å². The molecule has 5 heteroatoms. The predicted octanol–water partition coefficient (Wildman–Crippen LogP) is 2.94. The van der Waals surface area contributed by atoms with Gasteiger partial charge >= 0.3 is 0 Å². The number of ether oxygens (including phenoxy) is 1. The molecule has 0 radical (unpaired) electrons. The highest BCUT2D eigenvalue weighted by molar-refractivity contribution is 6.42. The highest BCUT2D eigenvalue weighted by Gasteiger charge is 2.16. The van der Waals surface area contributed by atoms with Gasteiger partial charge in [0.1, 0.15) is 6.61 Å². The van der Waals surface area contributed by atoms with Gasteiger partial charge in [0.05, 0.1) is 16.1 Å². The smallest absolute Gasteiger partial charge is 0.188 e. The fourth-order valence-electron chi connectivity index (χ4n) is 1.91.